The maximum absolute atomic E-state index is 4.66. The minimum absolute atomic E-state index is 0.587. The van der Waals surface area contributed by atoms with Crippen LogP contribution in [0.1, 0.15) is 49.9 Å². The Morgan fingerprint density at radius 2 is 2.04 bits per heavy atom. The predicted octanol–water partition coefficient (Wildman–Crippen LogP) is 4.33. The van der Waals surface area contributed by atoms with E-state index in [0.717, 1.165) is 44.0 Å². The number of nitrogens with zero attached hydrogens (tertiary/aromatic N) is 4. The molecule has 0 amide bonds. The SMILES string of the molecule is CCCCn1ccnc1C1CCN(c2ccc(CSC)cn2)CC1. The van der Waals surface area contributed by atoms with Crippen LogP contribution in [-0.2, 0) is 12.3 Å². The van der Waals surface area contributed by atoms with E-state index in [0.29, 0.717) is 5.92 Å². The number of pyridine rings is 1. The molecule has 130 valence electrons. The van der Waals surface area contributed by atoms with E-state index in [1.54, 1.807) is 0 Å². The van der Waals surface area contributed by atoms with Gasteiger partial charge in [-0.3, -0.25) is 0 Å². The number of hydrogen-bond acceptors (Lipinski definition) is 4. The lowest BCUT2D eigenvalue weighted by atomic mass is 9.95. The third-order valence-corrected chi connectivity index (χ3v) is 5.43. The number of imidazole rings is 1. The zero-order chi connectivity index (χ0) is 16.8. The van der Waals surface area contributed by atoms with Gasteiger partial charge >= 0.3 is 0 Å². The van der Waals surface area contributed by atoms with Crippen LogP contribution in [0.5, 0.6) is 0 Å². The molecule has 5 heteroatoms. The van der Waals surface area contributed by atoms with Gasteiger partial charge in [0.1, 0.15) is 11.6 Å². The Balaban J connectivity index is 1.58. The second-order valence-corrected chi connectivity index (χ2v) is 7.42. The molecule has 0 bridgehead atoms. The third-order valence-electron chi connectivity index (χ3n) is 4.80. The molecule has 0 unspecified atom stereocenters. The molecule has 2 aromatic heterocycles. The summed E-state index contributed by atoms with van der Waals surface area (Å²) in [7, 11) is 0. The van der Waals surface area contributed by atoms with E-state index in [1.807, 2.05) is 24.2 Å². The van der Waals surface area contributed by atoms with Crippen molar-refractivity contribution in [3.05, 3.63) is 42.1 Å². The van der Waals surface area contributed by atoms with Crippen molar-refractivity contribution in [2.45, 2.75) is 50.8 Å². The van der Waals surface area contributed by atoms with Gasteiger partial charge in [-0.15, -0.1) is 0 Å². The van der Waals surface area contributed by atoms with Crippen molar-refractivity contribution in [3.8, 4) is 0 Å². The molecule has 1 fully saturated rings. The van der Waals surface area contributed by atoms with Gasteiger partial charge in [-0.05, 0) is 37.1 Å². The normalized spacial score (nSPS) is 15.8. The lowest BCUT2D eigenvalue weighted by Gasteiger charge is -2.32. The number of rotatable bonds is 7. The molecule has 0 saturated carbocycles. The number of piperidine rings is 1. The monoisotopic (exact) mass is 344 g/mol. The molecule has 0 radical (unpaired) electrons. The van der Waals surface area contributed by atoms with E-state index < -0.39 is 0 Å². The Hall–Kier alpha value is -1.49. The smallest absolute Gasteiger partial charge is 0.128 e. The minimum Gasteiger partial charge on any atom is -0.357 e. The van der Waals surface area contributed by atoms with Crippen molar-refractivity contribution in [1.29, 1.82) is 0 Å². The van der Waals surface area contributed by atoms with Crippen molar-refractivity contribution in [1.82, 2.24) is 14.5 Å². The van der Waals surface area contributed by atoms with E-state index in [9.17, 15) is 0 Å². The molecule has 0 N–H and O–H groups in total. The van der Waals surface area contributed by atoms with Crippen LogP contribution in [0.15, 0.2) is 30.7 Å². The number of aryl methyl sites for hydroxylation is 1. The first kappa shape index (κ1) is 17.3. The molecule has 1 aliphatic rings. The highest BCUT2D eigenvalue weighted by Gasteiger charge is 2.24. The average molecular weight is 345 g/mol. The molecule has 0 spiro atoms. The lowest BCUT2D eigenvalue weighted by Crippen LogP contribution is -2.34. The standard InChI is InChI=1S/C19H28N4S/c1-3-4-10-23-13-9-20-19(23)17-7-11-22(12-8-17)18-6-5-16(14-21-18)15-24-2/h5-6,9,13-14,17H,3-4,7-8,10-12,15H2,1-2H3. The molecule has 0 aromatic carbocycles. The Morgan fingerprint density at radius 1 is 1.21 bits per heavy atom. The Morgan fingerprint density at radius 3 is 2.71 bits per heavy atom. The summed E-state index contributed by atoms with van der Waals surface area (Å²) in [5, 5.41) is 0. The van der Waals surface area contributed by atoms with Gasteiger partial charge in [0.2, 0.25) is 0 Å². The fourth-order valence-corrected chi connectivity index (χ4v) is 3.92. The minimum atomic E-state index is 0.587. The van der Waals surface area contributed by atoms with Crippen molar-refractivity contribution >= 4 is 17.6 Å². The topological polar surface area (TPSA) is 34.0 Å². The summed E-state index contributed by atoms with van der Waals surface area (Å²) >= 11 is 1.84. The van der Waals surface area contributed by atoms with Crippen LogP contribution in [0, 0.1) is 0 Å². The zero-order valence-corrected chi connectivity index (χ0v) is 15.6. The van der Waals surface area contributed by atoms with Gasteiger partial charge < -0.3 is 9.47 Å². The van der Waals surface area contributed by atoms with Gasteiger partial charge in [0.15, 0.2) is 0 Å². The number of thioether (sulfide) groups is 1. The molecule has 0 atom stereocenters. The number of anilines is 1. The summed E-state index contributed by atoms with van der Waals surface area (Å²) in [6, 6.07) is 4.39. The summed E-state index contributed by atoms with van der Waals surface area (Å²) in [4.78, 5) is 11.7. The van der Waals surface area contributed by atoms with Gasteiger partial charge in [0.05, 0.1) is 0 Å². The number of aromatic nitrogens is 3. The van der Waals surface area contributed by atoms with E-state index >= 15 is 0 Å². The largest absolute Gasteiger partial charge is 0.357 e. The van der Waals surface area contributed by atoms with Crippen LogP contribution in [0.2, 0.25) is 0 Å². The van der Waals surface area contributed by atoms with Crippen LogP contribution >= 0.6 is 11.8 Å². The highest BCUT2D eigenvalue weighted by molar-refractivity contribution is 7.97. The van der Waals surface area contributed by atoms with Crippen LogP contribution in [-0.4, -0.2) is 33.9 Å². The molecular weight excluding hydrogens is 316 g/mol. The van der Waals surface area contributed by atoms with E-state index in [2.05, 4.69) is 50.9 Å². The average Bonchev–Trinajstić information content (AvgIpc) is 3.09. The van der Waals surface area contributed by atoms with Gasteiger partial charge in [0.25, 0.3) is 0 Å². The number of unbranched alkanes of at least 4 members (excludes halogenated alkanes) is 1. The fraction of sp³-hybridized carbons (Fsp3) is 0.579. The summed E-state index contributed by atoms with van der Waals surface area (Å²) < 4.78 is 2.36. The van der Waals surface area contributed by atoms with Gasteiger partial charge in [-0.25, -0.2) is 9.97 Å². The predicted molar refractivity (Wildman–Crippen MR) is 103 cm³/mol. The maximum atomic E-state index is 4.66. The summed E-state index contributed by atoms with van der Waals surface area (Å²) in [6.45, 7) is 5.48. The quantitative estimate of drug-likeness (QED) is 0.749. The second kappa shape index (κ2) is 8.56. The third kappa shape index (κ3) is 4.12. The first-order valence-electron chi connectivity index (χ1n) is 9.01. The summed E-state index contributed by atoms with van der Waals surface area (Å²) in [5.41, 5.74) is 1.30. The highest BCUT2D eigenvalue weighted by Crippen LogP contribution is 2.29. The van der Waals surface area contributed by atoms with Gasteiger partial charge in [0, 0.05) is 49.9 Å². The van der Waals surface area contributed by atoms with Crippen molar-refractivity contribution < 1.29 is 0 Å². The molecule has 24 heavy (non-hydrogen) atoms. The first-order valence-corrected chi connectivity index (χ1v) is 10.4. The molecule has 2 aromatic rings. The number of hydrogen-bond donors (Lipinski definition) is 0. The summed E-state index contributed by atoms with van der Waals surface area (Å²) in [6.07, 6.45) is 13.0. The van der Waals surface area contributed by atoms with E-state index in [4.69, 9.17) is 0 Å². The maximum Gasteiger partial charge on any atom is 0.128 e. The van der Waals surface area contributed by atoms with E-state index in [1.165, 1.54) is 24.2 Å². The molecule has 1 aliphatic heterocycles. The van der Waals surface area contributed by atoms with Crippen molar-refractivity contribution in [2.24, 2.45) is 0 Å². The zero-order valence-electron chi connectivity index (χ0n) is 14.8. The Kier molecular flexibility index (Phi) is 6.18. The molecule has 0 aliphatic carbocycles. The van der Waals surface area contributed by atoms with Crippen LogP contribution in [0.3, 0.4) is 0 Å². The molecule has 3 heterocycles. The fourth-order valence-electron chi connectivity index (χ4n) is 3.42. The van der Waals surface area contributed by atoms with Gasteiger partial charge in [-0.2, -0.15) is 11.8 Å². The van der Waals surface area contributed by atoms with Crippen molar-refractivity contribution in [2.75, 3.05) is 24.2 Å². The molecule has 3 rings (SSSR count). The molecule has 4 nitrogen and oxygen atoms in total. The van der Waals surface area contributed by atoms with Crippen LogP contribution < -0.4 is 4.90 Å². The van der Waals surface area contributed by atoms with Crippen molar-refractivity contribution in [3.63, 3.8) is 0 Å². The summed E-state index contributed by atoms with van der Waals surface area (Å²) in [5.74, 6) is 4.03. The molecule has 1 saturated heterocycles. The lowest BCUT2D eigenvalue weighted by molar-refractivity contribution is 0.458. The first-order chi connectivity index (χ1) is 11.8. The molecular formula is C19H28N4S. The Bertz CT molecular complexity index is 615. The van der Waals surface area contributed by atoms with Crippen LogP contribution in [0.25, 0.3) is 0 Å². The van der Waals surface area contributed by atoms with E-state index in [-0.39, 0.29) is 0 Å². The second-order valence-electron chi connectivity index (χ2n) is 6.55. The van der Waals surface area contributed by atoms with Gasteiger partial charge in [-0.1, -0.05) is 19.4 Å². The Labute approximate surface area is 149 Å². The highest BCUT2D eigenvalue weighted by atomic mass is 32.2. The van der Waals surface area contributed by atoms with Crippen LogP contribution in [0.4, 0.5) is 5.82 Å².